The summed E-state index contributed by atoms with van der Waals surface area (Å²) in [5.41, 5.74) is -2.84. The first kappa shape index (κ1) is 20.1. The van der Waals surface area contributed by atoms with Crippen LogP contribution >= 0.6 is 11.8 Å². The molecule has 0 aliphatic heterocycles. The molecule has 0 aliphatic carbocycles. The third-order valence-electron chi connectivity index (χ3n) is 4.06. The van der Waals surface area contributed by atoms with Crippen molar-refractivity contribution in [2.75, 3.05) is 0 Å². The molecule has 1 N–H and O–H groups in total. The van der Waals surface area contributed by atoms with Crippen molar-refractivity contribution in [2.45, 2.75) is 36.7 Å². The summed E-state index contributed by atoms with van der Waals surface area (Å²) in [5, 5.41) is 10.2. The predicted molar refractivity (Wildman–Crippen MR) is 101 cm³/mol. The predicted octanol–water partition coefficient (Wildman–Crippen LogP) is 4.52. The Morgan fingerprint density at radius 3 is 2.46 bits per heavy atom. The number of hydrogen-bond donors (Lipinski definition) is 1. The standard InChI is InChI=1S/C19H18F3N3O2S/c1-12(2)16-9-13(7-8-23-16)10-24-11-17(26)25(18(24)27)14-3-5-15(6-4-14)28-19(20,21)22/h3-9,11-12,26H,10H2,1-2H3. The molecule has 0 aliphatic rings. The Kier molecular flexibility index (Phi) is 5.55. The maximum atomic E-state index is 12.7. The highest BCUT2D eigenvalue weighted by atomic mass is 32.2. The third kappa shape index (κ3) is 4.59. The fraction of sp³-hybridized carbons (Fsp3) is 0.263. The van der Waals surface area contributed by atoms with Crippen molar-refractivity contribution in [1.29, 1.82) is 0 Å². The van der Waals surface area contributed by atoms with E-state index in [0.29, 0.717) is 0 Å². The van der Waals surface area contributed by atoms with Crippen LogP contribution in [0.2, 0.25) is 0 Å². The SMILES string of the molecule is CC(C)c1cc(Cn2cc(O)n(-c3ccc(SC(F)(F)F)cc3)c2=O)ccn1. The van der Waals surface area contributed by atoms with Crippen LogP contribution in [0.15, 0.2) is 58.5 Å². The highest BCUT2D eigenvalue weighted by Crippen LogP contribution is 2.37. The molecule has 2 heterocycles. The topological polar surface area (TPSA) is 60.0 Å². The number of halogens is 3. The van der Waals surface area contributed by atoms with Gasteiger partial charge in [-0.2, -0.15) is 13.2 Å². The summed E-state index contributed by atoms with van der Waals surface area (Å²) in [5.74, 6) is -0.0536. The molecule has 3 aromatic rings. The molecule has 9 heteroatoms. The number of hydrogen-bond acceptors (Lipinski definition) is 4. The molecule has 0 atom stereocenters. The zero-order valence-corrected chi connectivity index (χ0v) is 16.0. The van der Waals surface area contributed by atoms with Gasteiger partial charge in [0, 0.05) is 16.8 Å². The maximum Gasteiger partial charge on any atom is 0.446 e. The molecule has 2 aromatic heterocycles. The Balaban J connectivity index is 1.88. The first-order valence-electron chi connectivity index (χ1n) is 8.46. The summed E-state index contributed by atoms with van der Waals surface area (Å²) < 4.78 is 39.7. The van der Waals surface area contributed by atoms with Crippen LogP contribution in [0.4, 0.5) is 13.2 Å². The van der Waals surface area contributed by atoms with Gasteiger partial charge in [0.25, 0.3) is 0 Å². The lowest BCUT2D eigenvalue weighted by Crippen LogP contribution is -2.23. The molecule has 148 valence electrons. The number of alkyl halides is 3. The van der Waals surface area contributed by atoms with E-state index in [9.17, 15) is 23.1 Å². The lowest BCUT2D eigenvalue weighted by Gasteiger charge is -2.08. The number of rotatable bonds is 5. The van der Waals surface area contributed by atoms with Crippen molar-refractivity contribution in [3.63, 3.8) is 0 Å². The van der Waals surface area contributed by atoms with Crippen LogP contribution < -0.4 is 5.69 Å². The quantitative estimate of drug-likeness (QED) is 0.630. The number of imidazole rings is 1. The van der Waals surface area contributed by atoms with Crippen LogP contribution in [0.3, 0.4) is 0 Å². The summed E-state index contributed by atoms with van der Waals surface area (Å²) in [6.07, 6.45) is 2.97. The molecule has 0 bridgehead atoms. The van der Waals surface area contributed by atoms with Gasteiger partial charge in [-0.3, -0.25) is 9.55 Å². The lowest BCUT2D eigenvalue weighted by atomic mass is 10.1. The first-order chi connectivity index (χ1) is 13.1. The summed E-state index contributed by atoms with van der Waals surface area (Å²) in [6, 6.07) is 8.93. The Morgan fingerprint density at radius 2 is 1.86 bits per heavy atom. The molecule has 0 amide bonds. The Bertz CT molecular complexity index is 1020. The summed E-state index contributed by atoms with van der Waals surface area (Å²) in [4.78, 5) is 17.0. The summed E-state index contributed by atoms with van der Waals surface area (Å²) >= 11 is -0.237. The number of thioether (sulfide) groups is 1. The Morgan fingerprint density at radius 1 is 1.18 bits per heavy atom. The second-order valence-electron chi connectivity index (χ2n) is 6.52. The van der Waals surface area contributed by atoms with Crippen molar-refractivity contribution in [2.24, 2.45) is 0 Å². The van der Waals surface area contributed by atoms with Gasteiger partial charge in [-0.05, 0) is 59.6 Å². The van der Waals surface area contributed by atoms with Crippen LogP contribution in [0.25, 0.3) is 5.69 Å². The van der Waals surface area contributed by atoms with Crippen molar-refractivity contribution in [3.8, 4) is 11.6 Å². The molecule has 0 unspecified atom stereocenters. The summed E-state index contributed by atoms with van der Waals surface area (Å²) in [7, 11) is 0. The second kappa shape index (κ2) is 7.75. The zero-order chi connectivity index (χ0) is 20.5. The third-order valence-corrected chi connectivity index (χ3v) is 4.80. The van der Waals surface area contributed by atoms with Crippen LogP contribution in [0.1, 0.15) is 31.0 Å². The smallest absolute Gasteiger partial charge is 0.446 e. The van der Waals surface area contributed by atoms with Crippen molar-refractivity contribution < 1.29 is 18.3 Å². The van der Waals surface area contributed by atoms with E-state index in [0.717, 1.165) is 15.8 Å². The molecule has 0 fully saturated rings. The van der Waals surface area contributed by atoms with E-state index in [1.165, 1.54) is 35.0 Å². The van der Waals surface area contributed by atoms with Gasteiger partial charge in [-0.1, -0.05) is 13.8 Å². The van der Waals surface area contributed by atoms with Gasteiger partial charge in [0.1, 0.15) is 0 Å². The number of aromatic nitrogens is 3. The minimum atomic E-state index is -4.39. The van der Waals surface area contributed by atoms with Crippen LogP contribution in [0, 0.1) is 0 Å². The molecule has 3 rings (SSSR count). The van der Waals surface area contributed by atoms with Crippen LogP contribution in [-0.4, -0.2) is 24.7 Å². The van der Waals surface area contributed by atoms with Gasteiger partial charge in [-0.25, -0.2) is 9.36 Å². The van der Waals surface area contributed by atoms with Gasteiger partial charge in [-0.15, -0.1) is 0 Å². The van der Waals surface area contributed by atoms with E-state index >= 15 is 0 Å². The molecule has 1 aromatic carbocycles. The zero-order valence-electron chi connectivity index (χ0n) is 15.1. The van der Waals surface area contributed by atoms with E-state index < -0.39 is 11.2 Å². The minimum Gasteiger partial charge on any atom is -0.493 e. The molecular weight excluding hydrogens is 391 g/mol. The highest BCUT2D eigenvalue weighted by molar-refractivity contribution is 8.00. The first-order valence-corrected chi connectivity index (χ1v) is 9.28. The van der Waals surface area contributed by atoms with E-state index in [1.807, 2.05) is 19.9 Å². The number of aromatic hydroxyl groups is 1. The number of pyridine rings is 1. The number of nitrogens with zero attached hydrogens (tertiary/aromatic N) is 3. The highest BCUT2D eigenvalue weighted by Gasteiger charge is 2.29. The van der Waals surface area contributed by atoms with Gasteiger partial charge in [0.05, 0.1) is 18.4 Å². The van der Waals surface area contributed by atoms with Gasteiger partial charge in [0.15, 0.2) is 0 Å². The maximum absolute atomic E-state index is 12.7. The van der Waals surface area contributed by atoms with E-state index in [-0.39, 0.29) is 40.7 Å². The normalized spacial score (nSPS) is 11.9. The minimum absolute atomic E-state index is 0.00113. The van der Waals surface area contributed by atoms with E-state index in [1.54, 1.807) is 12.3 Å². The second-order valence-corrected chi connectivity index (χ2v) is 7.66. The molecule has 5 nitrogen and oxygen atoms in total. The monoisotopic (exact) mass is 409 g/mol. The van der Waals surface area contributed by atoms with Gasteiger partial charge >= 0.3 is 11.2 Å². The average molecular weight is 409 g/mol. The molecule has 0 saturated carbocycles. The van der Waals surface area contributed by atoms with Crippen LogP contribution in [-0.2, 0) is 6.54 Å². The van der Waals surface area contributed by atoms with Crippen molar-refractivity contribution in [1.82, 2.24) is 14.1 Å². The van der Waals surface area contributed by atoms with Crippen molar-refractivity contribution in [3.05, 3.63) is 70.5 Å². The van der Waals surface area contributed by atoms with E-state index in [4.69, 9.17) is 0 Å². The van der Waals surface area contributed by atoms with Crippen LogP contribution in [0.5, 0.6) is 5.88 Å². The Hall–Kier alpha value is -2.68. The van der Waals surface area contributed by atoms with Crippen molar-refractivity contribution >= 4 is 11.8 Å². The van der Waals surface area contributed by atoms with Gasteiger partial charge in [0.2, 0.25) is 5.88 Å². The molecule has 0 radical (unpaired) electrons. The fourth-order valence-corrected chi connectivity index (χ4v) is 3.28. The number of benzene rings is 1. The largest absolute Gasteiger partial charge is 0.493 e. The average Bonchev–Trinajstić information content (AvgIpc) is 2.88. The molecule has 28 heavy (non-hydrogen) atoms. The fourth-order valence-electron chi connectivity index (χ4n) is 2.74. The molecule has 0 saturated heterocycles. The van der Waals surface area contributed by atoms with Gasteiger partial charge < -0.3 is 5.11 Å². The molecule has 0 spiro atoms. The Labute approximate surface area is 163 Å². The van der Waals surface area contributed by atoms with E-state index in [2.05, 4.69) is 4.98 Å². The molecular formula is C19H18F3N3O2S. The lowest BCUT2D eigenvalue weighted by molar-refractivity contribution is -0.0328. The summed E-state index contributed by atoms with van der Waals surface area (Å²) in [6.45, 7) is 4.27.